The van der Waals surface area contributed by atoms with E-state index in [4.69, 9.17) is 5.73 Å². The van der Waals surface area contributed by atoms with Crippen LogP contribution in [0.2, 0.25) is 0 Å². The fourth-order valence-electron chi connectivity index (χ4n) is 4.63. The highest BCUT2D eigenvalue weighted by atomic mass is 16.3. The van der Waals surface area contributed by atoms with Crippen LogP contribution in [0.25, 0.3) is 0 Å². The zero-order chi connectivity index (χ0) is 14.6. The normalized spacial score (nSPS) is 39.9. The molecule has 2 fully saturated rings. The quantitative estimate of drug-likeness (QED) is 0.815. The molecule has 1 aliphatic carbocycles. The van der Waals surface area contributed by atoms with Crippen LogP contribution in [-0.4, -0.2) is 41.8 Å². The van der Waals surface area contributed by atoms with E-state index < -0.39 is 5.60 Å². The Morgan fingerprint density at radius 2 is 2.00 bits per heavy atom. The summed E-state index contributed by atoms with van der Waals surface area (Å²) in [4.78, 5) is 2.52. The third kappa shape index (κ3) is 3.05. The van der Waals surface area contributed by atoms with Crippen LogP contribution in [0, 0.1) is 11.3 Å². The van der Waals surface area contributed by atoms with E-state index in [2.05, 4.69) is 18.7 Å². The highest BCUT2D eigenvalue weighted by molar-refractivity contribution is 5.05. The van der Waals surface area contributed by atoms with Crippen molar-refractivity contribution in [3.8, 4) is 0 Å². The molecule has 0 bridgehead atoms. The van der Waals surface area contributed by atoms with E-state index in [1.54, 1.807) is 0 Å². The zero-order valence-corrected chi connectivity index (χ0v) is 13.5. The van der Waals surface area contributed by atoms with E-state index in [-0.39, 0.29) is 5.41 Å². The van der Waals surface area contributed by atoms with Gasteiger partial charge in [0.1, 0.15) is 0 Å². The number of rotatable bonds is 5. The summed E-state index contributed by atoms with van der Waals surface area (Å²) in [6.45, 7) is 8.53. The van der Waals surface area contributed by atoms with Gasteiger partial charge in [0.2, 0.25) is 0 Å². The van der Waals surface area contributed by atoms with Gasteiger partial charge in [0.25, 0.3) is 0 Å². The van der Waals surface area contributed by atoms with Crippen molar-refractivity contribution in [2.75, 3.05) is 26.2 Å². The van der Waals surface area contributed by atoms with E-state index in [0.29, 0.717) is 6.54 Å². The topological polar surface area (TPSA) is 49.5 Å². The summed E-state index contributed by atoms with van der Waals surface area (Å²) in [7, 11) is 0. The van der Waals surface area contributed by atoms with Gasteiger partial charge in [-0.1, -0.05) is 20.3 Å². The first-order valence-electron chi connectivity index (χ1n) is 8.74. The maximum atomic E-state index is 11.4. The molecule has 0 aromatic rings. The van der Waals surface area contributed by atoms with Gasteiger partial charge in [-0.3, -0.25) is 0 Å². The first-order valence-corrected chi connectivity index (χ1v) is 8.74. The number of aliphatic hydroxyl groups is 1. The predicted molar refractivity (Wildman–Crippen MR) is 84.7 cm³/mol. The molecule has 3 heteroatoms. The lowest BCUT2D eigenvalue weighted by atomic mass is 9.66. The average Bonchev–Trinajstić information content (AvgIpc) is 2.81. The van der Waals surface area contributed by atoms with E-state index >= 15 is 0 Å². The number of hydrogen-bond donors (Lipinski definition) is 2. The Bertz CT molecular complexity index is 309. The smallest absolute Gasteiger partial charge is 0.0728 e. The number of nitrogens with two attached hydrogens (primary N) is 1. The van der Waals surface area contributed by atoms with Crippen LogP contribution in [-0.2, 0) is 0 Å². The van der Waals surface area contributed by atoms with Crippen LogP contribution in [0.5, 0.6) is 0 Å². The minimum absolute atomic E-state index is 0.00407. The number of hydrogen-bond acceptors (Lipinski definition) is 3. The molecule has 3 nitrogen and oxygen atoms in total. The monoisotopic (exact) mass is 282 g/mol. The van der Waals surface area contributed by atoms with Gasteiger partial charge in [0, 0.05) is 18.5 Å². The van der Waals surface area contributed by atoms with Gasteiger partial charge in [-0.25, -0.2) is 0 Å². The van der Waals surface area contributed by atoms with Gasteiger partial charge in [0.15, 0.2) is 0 Å². The Labute approximate surface area is 124 Å². The molecule has 0 aromatic carbocycles. The molecule has 0 aromatic heterocycles. The van der Waals surface area contributed by atoms with Crippen LogP contribution in [0.4, 0.5) is 0 Å². The van der Waals surface area contributed by atoms with Crippen molar-refractivity contribution in [1.82, 2.24) is 4.90 Å². The SMILES string of the molecule is CCCN1CCCC(O)(C2(CN)CCC(CC)C2)CC1. The van der Waals surface area contributed by atoms with Gasteiger partial charge in [-0.2, -0.15) is 0 Å². The van der Waals surface area contributed by atoms with Gasteiger partial charge in [0.05, 0.1) is 5.60 Å². The van der Waals surface area contributed by atoms with Gasteiger partial charge in [-0.05, 0) is 64.0 Å². The molecular formula is C17H34N2O. The summed E-state index contributed by atoms with van der Waals surface area (Å²) in [6, 6.07) is 0. The first-order chi connectivity index (χ1) is 9.59. The lowest BCUT2D eigenvalue weighted by Crippen LogP contribution is -2.52. The second kappa shape index (κ2) is 6.76. The molecule has 0 amide bonds. The van der Waals surface area contributed by atoms with E-state index in [9.17, 15) is 5.11 Å². The molecule has 3 unspecified atom stereocenters. The highest BCUT2D eigenvalue weighted by Gasteiger charge is 2.52. The third-order valence-corrected chi connectivity index (χ3v) is 6.11. The Kier molecular flexibility index (Phi) is 5.49. The molecule has 3 N–H and O–H groups in total. The second-order valence-corrected chi connectivity index (χ2v) is 7.23. The summed E-state index contributed by atoms with van der Waals surface area (Å²) in [5, 5.41) is 11.4. The molecule has 1 saturated carbocycles. The molecule has 118 valence electrons. The summed E-state index contributed by atoms with van der Waals surface area (Å²) in [6.07, 6.45) is 8.96. The zero-order valence-electron chi connectivity index (χ0n) is 13.5. The average molecular weight is 282 g/mol. The maximum absolute atomic E-state index is 11.4. The van der Waals surface area contributed by atoms with Crippen LogP contribution in [0.3, 0.4) is 0 Å². The molecule has 20 heavy (non-hydrogen) atoms. The first kappa shape index (κ1) is 16.3. The molecule has 2 rings (SSSR count). The van der Waals surface area contributed by atoms with Crippen LogP contribution < -0.4 is 5.73 Å². The number of likely N-dealkylation sites (tertiary alicyclic amines) is 1. The van der Waals surface area contributed by atoms with Crippen molar-refractivity contribution in [3.63, 3.8) is 0 Å². The van der Waals surface area contributed by atoms with E-state index in [0.717, 1.165) is 51.1 Å². The van der Waals surface area contributed by atoms with Crippen molar-refractivity contribution in [2.45, 2.75) is 70.8 Å². The van der Waals surface area contributed by atoms with Crippen molar-refractivity contribution >= 4 is 0 Å². The van der Waals surface area contributed by atoms with Crippen LogP contribution in [0.1, 0.15) is 65.2 Å². The van der Waals surface area contributed by atoms with Crippen LogP contribution in [0.15, 0.2) is 0 Å². The lowest BCUT2D eigenvalue weighted by molar-refractivity contribution is -0.0902. The third-order valence-electron chi connectivity index (χ3n) is 6.11. The molecule has 1 saturated heterocycles. The summed E-state index contributed by atoms with van der Waals surface area (Å²) in [5.74, 6) is 0.776. The summed E-state index contributed by atoms with van der Waals surface area (Å²) >= 11 is 0. The standard InChI is InChI=1S/C17H34N2O/c1-3-10-19-11-5-7-17(20,9-12-19)16(14-18)8-6-15(4-2)13-16/h15,20H,3-14,18H2,1-2H3. The van der Waals surface area contributed by atoms with Crippen molar-refractivity contribution in [3.05, 3.63) is 0 Å². The molecule has 0 radical (unpaired) electrons. The fourth-order valence-corrected chi connectivity index (χ4v) is 4.63. The van der Waals surface area contributed by atoms with Gasteiger partial charge < -0.3 is 15.7 Å². The Balaban J connectivity index is 2.08. The Hall–Kier alpha value is -0.120. The van der Waals surface area contributed by atoms with Crippen molar-refractivity contribution in [1.29, 1.82) is 0 Å². The molecule has 3 atom stereocenters. The predicted octanol–water partition coefficient (Wildman–Crippen LogP) is 2.77. The molecule has 0 spiro atoms. The van der Waals surface area contributed by atoms with Gasteiger partial charge >= 0.3 is 0 Å². The molecule has 1 heterocycles. The highest BCUT2D eigenvalue weighted by Crippen LogP contribution is 2.52. The van der Waals surface area contributed by atoms with E-state index in [1.165, 1.54) is 25.8 Å². The minimum atomic E-state index is -0.520. The fraction of sp³-hybridized carbons (Fsp3) is 1.00. The van der Waals surface area contributed by atoms with Crippen molar-refractivity contribution < 1.29 is 5.11 Å². The van der Waals surface area contributed by atoms with E-state index in [1.807, 2.05) is 0 Å². The molecular weight excluding hydrogens is 248 g/mol. The number of nitrogens with zero attached hydrogens (tertiary/aromatic N) is 1. The maximum Gasteiger partial charge on any atom is 0.0728 e. The lowest BCUT2D eigenvalue weighted by Gasteiger charge is -2.45. The largest absolute Gasteiger partial charge is 0.389 e. The Morgan fingerprint density at radius 1 is 1.20 bits per heavy atom. The Morgan fingerprint density at radius 3 is 2.60 bits per heavy atom. The summed E-state index contributed by atoms with van der Waals surface area (Å²) in [5.41, 5.74) is 5.65. The van der Waals surface area contributed by atoms with Crippen molar-refractivity contribution in [2.24, 2.45) is 17.1 Å². The molecule has 2 aliphatic rings. The van der Waals surface area contributed by atoms with Crippen LogP contribution >= 0.6 is 0 Å². The molecule has 1 aliphatic heterocycles. The second-order valence-electron chi connectivity index (χ2n) is 7.23. The summed E-state index contributed by atoms with van der Waals surface area (Å²) < 4.78 is 0. The van der Waals surface area contributed by atoms with Gasteiger partial charge in [-0.15, -0.1) is 0 Å². The minimum Gasteiger partial charge on any atom is -0.389 e.